The zero-order valence-corrected chi connectivity index (χ0v) is 13.0. The highest BCUT2D eigenvalue weighted by Crippen LogP contribution is 2.25. The highest BCUT2D eigenvalue weighted by Gasteiger charge is 2.18. The van der Waals surface area contributed by atoms with E-state index in [1.165, 1.54) is 35.5 Å². The van der Waals surface area contributed by atoms with Gasteiger partial charge in [-0.2, -0.15) is 5.10 Å². The van der Waals surface area contributed by atoms with Gasteiger partial charge < -0.3 is 5.32 Å². The van der Waals surface area contributed by atoms with Crippen LogP contribution in [-0.4, -0.2) is 20.7 Å². The minimum absolute atomic E-state index is 0.0848. The van der Waals surface area contributed by atoms with Crippen LogP contribution >= 0.6 is 23.2 Å². The summed E-state index contributed by atoms with van der Waals surface area (Å²) in [6.45, 7) is 0. The smallest absolute Gasteiger partial charge is 0.259 e. The van der Waals surface area contributed by atoms with Crippen molar-refractivity contribution in [3.05, 3.63) is 70.5 Å². The monoisotopic (exact) mass is 350 g/mol. The summed E-state index contributed by atoms with van der Waals surface area (Å²) in [6, 6.07) is 8.88. The zero-order chi connectivity index (χ0) is 16.4. The molecule has 2 aromatic carbocycles. The maximum atomic E-state index is 13.2. The third-order valence-electron chi connectivity index (χ3n) is 3.06. The number of nitrogens with one attached hydrogen (secondary N) is 1. The van der Waals surface area contributed by atoms with Gasteiger partial charge in [-0.05, 0) is 30.3 Å². The van der Waals surface area contributed by atoms with Gasteiger partial charge in [0.25, 0.3) is 5.91 Å². The van der Waals surface area contributed by atoms with E-state index in [4.69, 9.17) is 23.2 Å². The number of nitrogens with zero attached hydrogens (tertiary/aromatic N) is 3. The molecule has 1 aromatic heterocycles. The van der Waals surface area contributed by atoms with Crippen molar-refractivity contribution in [1.82, 2.24) is 14.8 Å². The van der Waals surface area contributed by atoms with E-state index in [0.717, 1.165) is 0 Å². The van der Waals surface area contributed by atoms with E-state index in [0.29, 0.717) is 11.4 Å². The van der Waals surface area contributed by atoms with Crippen molar-refractivity contribution in [2.75, 3.05) is 5.32 Å². The van der Waals surface area contributed by atoms with Crippen molar-refractivity contribution in [2.24, 2.45) is 0 Å². The molecule has 0 spiro atoms. The molecule has 1 amide bonds. The average molecular weight is 351 g/mol. The maximum absolute atomic E-state index is 13.2. The minimum atomic E-state index is -0.564. The quantitative estimate of drug-likeness (QED) is 0.777. The van der Waals surface area contributed by atoms with Crippen molar-refractivity contribution in [2.45, 2.75) is 0 Å². The van der Waals surface area contributed by atoms with Gasteiger partial charge in [0, 0.05) is 5.69 Å². The molecule has 0 unspecified atom stereocenters. The number of aromatic nitrogens is 3. The number of rotatable bonds is 3. The summed E-state index contributed by atoms with van der Waals surface area (Å²) in [7, 11) is 0. The fraction of sp³-hybridized carbons (Fsp3) is 0. The van der Waals surface area contributed by atoms with Crippen LogP contribution in [0.4, 0.5) is 10.1 Å². The van der Waals surface area contributed by atoms with Crippen molar-refractivity contribution in [1.29, 1.82) is 0 Å². The van der Waals surface area contributed by atoms with Crippen molar-refractivity contribution in [3.8, 4) is 5.69 Å². The summed E-state index contributed by atoms with van der Waals surface area (Å²) in [5.41, 5.74) is 1.05. The maximum Gasteiger partial charge on any atom is 0.259 e. The Morgan fingerprint density at radius 3 is 2.70 bits per heavy atom. The molecule has 0 radical (unpaired) electrons. The normalized spacial score (nSPS) is 10.6. The van der Waals surface area contributed by atoms with Gasteiger partial charge in [0.15, 0.2) is 0 Å². The molecule has 1 heterocycles. The molecule has 0 saturated carbocycles. The largest absolute Gasteiger partial charge is 0.322 e. The summed E-state index contributed by atoms with van der Waals surface area (Å²) in [5.74, 6) is -1.03. The second kappa shape index (κ2) is 6.36. The second-order valence-electron chi connectivity index (χ2n) is 4.56. The van der Waals surface area contributed by atoms with Crippen LogP contribution in [-0.2, 0) is 0 Å². The molecule has 8 heteroatoms. The number of carbonyl (C=O) groups excluding carboxylic acids is 1. The number of carbonyl (C=O) groups is 1. The van der Waals surface area contributed by atoms with Crippen LogP contribution in [0.25, 0.3) is 5.69 Å². The molecule has 3 aromatic rings. The van der Waals surface area contributed by atoms with Gasteiger partial charge in [-0.25, -0.2) is 14.1 Å². The number of anilines is 1. The standard InChI is InChI=1S/C15H9Cl2FN4O/c16-10-2-1-3-13(22-8-19-7-20-22)14(10)15(23)21-9-4-5-12(18)11(17)6-9/h1-8H,(H,21,23). The molecule has 0 bridgehead atoms. The zero-order valence-electron chi connectivity index (χ0n) is 11.5. The molecule has 0 aliphatic carbocycles. The first-order chi connectivity index (χ1) is 11.1. The Kier molecular flexibility index (Phi) is 4.27. The van der Waals surface area contributed by atoms with Gasteiger partial charge in [-0.3, -0.25) is 4.79 Å². The van der Waals surface area contributed by atoms with Gasteiger partial charge in [0.1, 0.15) is 18.5 Å². The highest BCUT2D eigenvalue weighted by molar-refractivity contribution is 6.35. The minimum Gasteiger partial charge on any atom is -0.322 e. The Morgan fingerprint density at radius 2 is 2.00 bits per heavy atom. The molecule has 0 aliphatic heterocycles. The summed E-state index contributed by atoms with van der Waals surface area (Å²) in [4.78, 5) is 16.4. The fourth-order valence-corrected chi connectivity index (χ4v) is 2.46. The van der Waals surface area contributed by atoms with Gasteiger partial charge >= 0.3 is 0 Å². The Hall–Kier alpha value is -2.44. The molecule has 3 rings (SSSR count). The first-order valence-electron chi connectivity index (χ1n) is 6.46. The number of benzene rings is 2. The lowest BCUT2D eigenvalue weighted by molar-refractivity contribution is 0.102. The lowest BCUT2D eigenvalue weighted by Gasteiger charge is -2.12. The molecule has 5 nitrogen and oxygen atoms in total. The average Bonchev–Trinajstić information content (AvgIpc) is 3.05. The summed E-state index contributed by atoms with van der Waals surface area (Å²) < 4.78 is 14.6. The molecule has 0 fully saturated rings. The molecule has 0 atom stereocenters. The Labute approximate surface area is 140 Å². The van der Waals surface area contributed by atoms with Gasteiger partial charge in [-0.15, -0.1) is 0 Å². The Morgan fingerprint density at radius 1 is 1.17 bits per heavy atom. The van der Waals surface area contributed by atoms with Crippen LogP contribution in [0, 0.1) is 5.82 Å². The number of hydrogen-bond donors (Lipinski definition) is 1. The predicted octanol–water partition coefficient (Wildman–Crippen LogP) is 3.97. The van der Waals surface area contributed by atoms with Gasteiger partial charge in [0.05, 0.1) is 21.3 Å². The van der Waals surface area contributed by atoms with Gasteiger partial charge in [-0.1, -0.05) is 29.3 Å². The van der Waals surface area contributed by atoms with Crippen molar-refractivity contribution < 1.29 is 9.18 Å². The third kappa shape index (κ3) is 3.18. The van der Waals surface area contributed by atoms with E-state index >= 15 is 0 Å². The lowest BCUT2D eigenvalue weighted by Crippen LogP contribution is -2.16. The highest BCUT2D eigenvalue weighted by atomic mass is 35.5. The van der Waals surface area contributed by atoms with Crippen LogP contribution < -0.4 is 5.32 Å². The summed E-state index contributed by atoms with van der Waals surface area (Å²) in [6.07, 6.45) is 2.81. The number of hydrogen-bond acceptors (Lipinski definition) is 3. The van der Waals surface area contributed by atoms with Crippen molar-refractivity contribution >= 4 is 34.8 Å². The Balaban J connectivity index is 1.98. The van der Waals surface area contributed by atoms with E-state index in [1.54, 1.807) is 18.2 Å². The fourth-order valence-electron chi connectivity index (χ4n) is 2.03. The van der Waals surface area contributed by atoms with E-state index in [2.05, 4.69) is 15.4 Å². The first kappa shape index (κ1) is 15.5. The first-order valence-corrected chi connectivity index (χ1v) is 7.22. The molecular weight excluding hydrogens is 342 g/mol. The summed E-state index contributed by atoms with van der Waals surface area (Å²) in [5, 5.41) is 6.80. The SMILES string of the molecule is O=C(Nc1ccc(F)c(Cl)c1)c1c(Cl)cccc1-n1cncn1. The van der Waals surface area contributed by atoms with Crippen LogP contribution in [0.15, 0.2) is 49.1 Å². The molecule has 116 valence electrons. The van der Waals surface area contributed by atoms with Crippen LogP contribution in [0.5, 0.6) is 0 Å². The van der Waals surface area contributed by atoms with Crippen LogP contribution in [0.1, 0.15) is 10.4 Å². The molecular formula is C15H9Cl2FN4O. The van der Waals surface area contributed by atoms with E-state index in [1.807, 2.05) is 0 Å². The van der Waals surface area contributed by atoms with Crippen molar-refractivity contribution in [3.63, 3.8) is 0 Å². The topological polar surface area (TPSA) is 59.8 Å². The second-order valence-corrected chi connectivity index (χ2v) is 5.37. The van der Waals surface area contributed by atoms with E-state index in [-0.39, 0.29) is 15.6 Å². The molecule has 0 aliphatic rings. The third-order valence-corrected chi connectivity index (χ3v) is 3.67. The van der Waals surface area contributed by atoms with Gasteiger partial charge in [0.2, 0.25) is 0 Å². The predicted molar refractivity (Wildman–Crippen MR) is 85.7 cm³/mol. The molecule has 1 N–H and O–H groups in total. The van der Waals surface area contributed by atoms with E-state index < -0.39 is 11.7 Å². The van der Waals surface area contributed by atoms with Crippen LogP contribution in [0.2, 0.25) is 10.0 Å². The number of amides is 1. The van der Waals surface area contributed by atoms with E-state index in [9.17, 15) is 9.18 Å². The Bertz CT molecular complexity index is 868. The number of halogens is 3. The van der Waals surface area contributed by atoms with Crippen LogP contribution in [0.3, 0.4) is 0 Å². The molecule has 0 saturated heterocycles. The molecule has 23 heavy (non-hydrogen) atoms. The lowest BCUT2D eigenvalue weighted by atomic mass is 10.1. The summed E-state index contributed by atoms with van der Waals surface area (Å²) >= 11 is 11.9.